The molecule has 17 heavy (non-hydrogen) atoms. The molecule has 1 aromatic carbocycles. The maximum absolute atomic E-state index is 12.9. The monoisotopic (exact) mass is 270 g/mol. The van der Waals surface area contributed by atoms with Crippen molar-refractivity contribution in [1.29, 1.82) is 0 Å². The molecule has 1 heterocycles. The average molecular weight is 271 g/mol. The van der Waals surface area contributed by atoms with Gasteiger partial charge in [-0.25, -0.2) is 4.39 Å². The van der Waals surface area contributed by atoms with E-state index in [4.69, 9.17) is 17.3 Å². The van der Waals surface area contributed by atoms with E-state index in [2.05, 4.69) is 4.98 Å². The van der Waals surface area contributed by atoms with E-state index in [1.54, 1.807) is 22.9 Å². The molecule has 2 nitrogen and oxygen atoms in total. The number of aromatic nitrogens is 1. The molecule has 90 valence electrons. The predicted octanol–water partition coefficient (Wildman–Crippen LogP) is 3.05. The molecule has 0 saturated heterocycles. The molecule has 1 unspecified atom stereocenters. The summed E-state index contributed by atoms with van der Waals surface area (Å²) in [6, 6.07) is 4.37. The van der Waals surface area contributed by atoms with Crippen LogP contribution in [0.5, 0.6) is 0 Å². The van der Waals surface area contributed by atoms with E-state index in [1.807, 2.05) is 6.20 Å². The lowest BCUT2D eigenvalue weighted by Gasteiger charge is -2.11. The predicted molar refractivity (Wildman–Crippen MR) is 68.9 cm³/mol. The van der Waals surface area contributed by atoms with E-state index in [9.17, 15) is 4.39 Å². The van der Waals surface area contributed by atoms with Gasteiger partial charge in [-0.1, -0.05) is 17.7 Å². The standard InChI is InChI=1S/C12H12ClFN2S/c13-12-4-9(14)2-1-8(12)3-10(15)5-11-6-16-7-17-11/h1-2,4,6-7,10H,3,5,15H2. The summed E-state index contributed by atoms with van der Waals surface area (Å²) in [7, 11) is 0. The molecule has 0 saturated carbocycles. The molecule has 0 aliphatic carbocycles. The number of thiazole rings is 1. The van der Waals surface area contributed by atoms with E-state index < -0.39 is 0 Å². The maximum Gasteiger partial charge on any atom is 0.124 e. The van der Waals surface area contributed by atoms with Gasteiger partial charge in [-0.15, -0.1) is 11.3 Å². The van der Waals surface area contributed by atoms with Crippen LogP contribution in [0.3, 0.4) is 0 Å². The summed E-state index contributed by atoms with van der Waals surface area (Å²) < 4.78 is 12.9. The van der Waals surface area contributed by atoms with Crippen LogP contribution in [0.4, 0.5) is 4.39 Å². The molecule has 2 N–H and O–H groups in total. The van der Waals surface area contributed by atoms with Gasteiger partial charge >= 0.3 is 0 Å². The van der Waals surface area contributed by atoms with Gasteiger partial charge in [-0.05, 0) is 30.5 Å². The van der Waals surface area contributed by atoms with E-state index >= 15 is 0 Å². The lowest BCUT2D eigenvalue weighted by molar-refractivity contribution is 0.624. The molecule has 0 spiro atoms. The van der Waals surface area contributed by atoms with Crippen LogP contribution in [-0.2, 0) is 12.8 Å². The van der Waals surface area contributed by atoms with Crippen LogP contribution in [0.2, 0.25) is 5.02 Å². The SMILES string of the molecule is NC(Cc1cncs1)Cc1ccc(F)cc1Cl. The van der Waals surface area contributed by atoms with Gasteiger partial charge in [0.1, 0.15) is 5.82 Å². The Kier molecular flexibility index (Phi) is 4.10. The highest BCUT2D eigenvalue weighted by atomic mass is 35.5. The lowest BCUT2D eigenvalue weighted by atomic mass is 10.0. The Bertz CT molecular complexity index is 487. The first-order valence-corrected chi connectivity index (χ1v) is 6.48. The molecule has 2 aromatic rings. The maximum atomic E-state index is 12.9. The van der Waals surface area contributed by atoms with Gasteiger partial charge < -0.3 is 5.73 Å². The van der Waals surface area contributed by atoms with E-state index in [0.29, 0.717) is 11.4 Å². The summed E-state index contributed by atoms with van der Waals surface area (Å²) in [6.45, 7) is 0. The normalized spacial score (nSPS) is 12.6. The van der Waals surface area contributed by atoms with Gasteiger partial charge in [-0.3, -0.25) is 4.98 Å². The van der Waals surface area contributed by atoms with Crippen molar-refractivity contribution < 1.29 is 4.39 Å². The van der Waals surface area contributed by atoms with Crippen molar-refractivity contribution >= 4 is 22.9 Å². The number of hydrogen-bond acceptors (Lipinski definition) is 3. The second kappa shape index (κ2) is 5.58. The third-order valence-electron chi connectivity index (χ3n) is 2.44. The highest BCUT2D eigenvalue weighted by molar-refractivity contribution is 7.09. The van der Waals surface area contributed by atoms with Crippen molar-refractivity contribution in [3.05, 3.63) is 51.2 Å². The van der Waals surface area contributed by atoms with Gasteiger partial charge in [0.15, 0.2) is 0 Å². The molecular weight excluding hydrogens is 259 g/mol. The third-order valence-corrected chi connectivity index (χ3v) is 3.60. The molecule has 0 radical (unpaired) electrons. The van der Waals surface area contributed by atoms with Crippen LogP contribution in [-0.4, -0.2) is 11.0 Å². The minimum Gasteiger partial charge on any atom is -0.327 e. The first-order chi connectivity index (χ1) is 8.15. The number of hydrogen-bond donors (Lipinski definition) is 1. The largest absolute Gasteiger partial charge is 0.327 e. The van der Waals surface area contributed by atoms with Crippen molar-refractivity contribution in [1.82, 2.24) is 4.98 Å². The Morgan fingerprint density at radius 3 is 2.88 bits per heavy atom. The van der Waals surface area contributed by atoms with Crippen molar-refractivity contribution in [2.75, 3.05) is 0 Å². The first kappa shape index (κ1) is 12.5. The minimum absolute atomic E-state index is 0.0292. The zero-order valence-corrected chi connectivity index (χ0v) is 10.6. The Labute approximate surface area is 108 Å². The fraction of sp³-hybridized carbons (Fsp3) is 0.250. The summed E-state index contributed by atoms with van der Waals surface area (Å²) in [5.41, 5.74) is 8.69. The molecule has 0 amide bonds. The highest BCUT2D eigenvalue weighted by Crippen LogP contribution is 2.19. The quantitative estimate of drug-likeness (QED) is 0.927. The Morgan fingerprint density at radius 1 is 1.41 bits per heavy atom. The summed E-state index contributed by atoms with van der Waals surface area (Å²) in [5, 5.41) is 0.435. The Morgan fingerprint density at radius 2 is 2.24 bits per heavy atom. The van der Waals surface area contributed by atoms with Gasteiger partial charge in [0.2, 0.25) is 0 Å². The molecule has 2 rings (SSSR count). The van der Waals surface area contributed by atoms with Crippen LogP contribution in [0.1, 0.15) is 10.4 Å². The lowest BCUT2D eigenvalue weighted by Crippen LogP contribution is -2.25. The van der Waals surface area contributed by atoms with Gasteiger partial charge in [0, 0.05) is 22.1 Å². The number of nitrogens with zero attached hydrogens (tertiary/aromatic N) is 1. The fourth-order valence-corrected chi connectivity index (χ4v) is 2.58. The number of rotatable bonds is 4. The summed E-state index contributed by atoms with van der Waals surface area (Å²) in [4.78, 5) is 5.15. The number of benzene rings is 1. The number of nitrogens with two attached hydrogens (primary N) is 1. The Balaban J connectivity index is 2.00. The topological polar surface area (TPSA) is 38.9 Å². The first-order valence-electron chi connectivity index (χ1n) is 5.22. The summed E-state index contributed by atoms with van der Waals surface area (Å²) >= 11 is 7.53. The Hall–Kier alpha value is -0.970. The van der Waals surface area contributed by atoms with E-state index in [0.717, 1.165) is 16.9 Å². The molecule has 0 aliphatic heterocycles. The van der Waals surface area contributed by atoms with Crippen molar-refractivity contribution in [3.63, 3.8) is 0 Å². The average Bonchev–Trinajstić information content (AvgIpc) is 2.75. The second-order valence-corrected chi connectivity index (χ2v) is 5.25. The van der Waals surface area contributed by atoms with Gasteiger partial charge in [0.25, 0.3) is 0 Å². The van der Waals surface area contributed by atoms with Crippen LogP contribution in [0, 0.1) is 5.82 Å². The molecule has 1 atom stereocenters. The molecule has 0 aliphatic rings. The summed E-state index contributed by atoms with van der Waals surface area (Å²) in [6.07, 6.45) is 3.21. The molecule has 0 bridgehead atoms. The number of halogens is 2. The summed E-state index contributed by atoms with van der Waals surface area (Å²) in [5.74, 6) is -0.324. The molecule has 0 fully saturated rings. The van der Waals surface area contributed by atoms with Crippen molar-refractivity contribution in [2.45, 2.75) is 18.9 Å². The highest BCUT2D eigenvalue weighted by Gasteiger charge is 2.09. The van der Waals surface area contributed by atoms with Crippen LogP contribution in [0.25, 0.3) is 0 Å². The van der Waals surface area contributed by atoms with Crippen molar-refractivity contribution in [2.24, 2.45) is 5.73 Å². The van der Waals surface area contributed by atoms with Gasteiger partial charge in [0.05, 0.1) is 5.51 Å². The van der Waals surface area contributed by atoms with Crippen LogP contribution < -0.4 is 5.73 Å². The molecule has 1 aromatic heterocycles. The molecule has 5 heteroatoms. The third kappa shape index (κ3) is 3.49. The van der Waals surface area contributed by atoms with Crippen molar-refractivity contribution in [3.8, 4) is 0 Å². The second-order valence-electron chi connectivity index (χ2n) is 3.87. The van der Waals surface area contributed by atoms with E-state index in [1.165, 1.54) is 12.1 Å². The zero-order valence-electron chi connectivity index (χ0n) is 9.07. The zero-order chi connectivity index (χ0) is 12.3. The van der Waals surface area contributed by atoms with E-state index in [-0.39, 0.29) is 11.9 Å². The smallest absolute Gasteiger partial charge is 0.124 e. The van der Waals surface area contributed by atoms with Crippen LogP contribution in [0.15, 0.2) is 29.9 Å². The van der Waals surface area contributed by atoms with Gasteiger partial charge in [-0.2, -0.15) is 0 Å². The van der Waals surface area contributed by atoms with Crippen LogP contribution >= 0.6 is 22.9 Å². The molecular formula is C12H12ClFN2S. The minimum atomic E-state index is -0.324. The fourth-order valence-electron chi connectivity index (χ4n) is 1.64.